The molecular formula is C12H15N3O4S. The predicted octanol–water partition coefficient (Wildman–Crippen LogP) is 0.256. The van der Waals surface area contributed by atoms with E-state index in [1.54, 1.807) is 12.1 Å². The molecule has 0 radical (unpaired) electrons. The number of nitrogens with one attached hydrogen (secondary N) is 1. The molecule has 0 saturated carbocycles. The first-order chi connectivity index (χ1) is 9.47. The van der Waals surface area contributed by atoms with Crippen LogP contribution in [0.4, 0.5) is 5.69 Å². The molecule has 0 atom stereocenters. The second-order valence-electron chi connectivity index (χ2n) is 3.93. The minimum Gasteiger partial charge on any atom is -0.481 e. The fraction of sp³-hybridized carbons (Fsp3) is 0.333. The summed E-state index contributed by atoms with van der Waals surface area (Å²) >= 11 is 1.29. The van der Waals surface area contributed by atoms with E-state index in [4.69, 9.17) is 10.8 Å². The molecule has 0 fully saturated rings. The van der Waals surface area contributed by atoms with E-state index in [0.717, 1.165) is 0 Å². The molecule has 0 aromatic carbocycles. The van der Waals surface area contributed by atoms with E-state index in [0.29, 0.717) is 17.1 Å². The van der Waals surface area contributed by atoms with Crippen LogP contribution in [0, 0.1) is 0 Å². The number of carbonyl (C=O) groups excluding carboxylic acids is 2. The van der Waals surface area contributed by atoms with Crippen LogP contribution in [0.2, 0.25) is 0 Å². The van der Waals surface area contributed by atoms with Gasteiger partial charge in [0.2, 0.25) is 11.8 Å². The summed E-state index contributed by atoms with van der Waals surface area (Å²) in [5, 5.41) is 11.2. The molecular weight excluding hydrogens is 282 g/mol. The van der Waals surface area contributed by atoms with Gasteiger partial charge < -0.3 is 16.2 Å². The van der Waals surface area contributed by atoms with Gasteiger partial charge in [-0.15, -0.1) is 0 Å². The van der Waals surface area contributed by atoms with Crippen LogP contribution in [0.15, 0.2) is 18.3 Å². The Morgan fingerprint density at radius 2 is 2.10 bits per heavy atom. The van der Waals surface area contributed by atoms with Crippen molar-refractivity contribution in [3.8, 4) is 0 Å². The lowest BCUT2D eigenvalue weighted by atomic mass is 10.2. The van der Waals surface area contributed by atoms with Crippen LogP contribution in [0.5, 0.6) is 0 Å². The number of primary amides is 1. The molecule has 8 heteroatoms. The van der Waals surface area contributed by atoms with E-state index in [-0.39, 0.29) is 24.5 Å². The number of rotatable bonds is 8. The van der Waals surface area contributed by atoms with Crippen LogP contribution in [0.1, 0.15) is 12.1 Å². The number of aliphatic carboxylic acids is 1. The van der Waals surface area contributed by atoms with Gasteiger partial charge in [0, 0.05) is 12.2 Å². The predicted molar refractivity (Wildman–Crippen MR) is 75.3 cm³/mol. The first-order valence-corrected chi connectivity index (χ1v) is 6.95. The third-order valence-corrected chi connectivity index (χ3v) is 3.14. The van der Waals surface area contributed by atoms with Crippen LogP contribution in [0.3, 0.4) is 0 Å². The van der Waals surface area contributed by atoms with Crippen LogP contribution in [-0.2, 0) is 20.8 Å². The molecule has 7 nitrogen and oxygen atoms in total. The summed E-state index contributed by atoms with van der Waals surface area (Å²) in [4.78, 5) is 36.5. The molecule has 0 unspecified atom stereocenters. The van der Waals surface area contributed by atoms with E-state index in [2.05, 4.69) is 10.3 Å². The number of carboxylic acids is 1. The van der Waals surface area contributed by atoms with Crippen molar-refractivity contribution in [3.63, 3.8) is 0 Å². The maximum Gasteiger partial charge on any atom is 0.309 e. The second kappa shape index (κ2) is 8.16. The minimum absolute atomic E-state index is 0.155. The van der Waals surface area contributed by atoms with Crippen LogP contribution < -0.4 is 11.1 Å². The van der Waals surface area contributed by atoms with Gasteiger partial charge in [0.25, 0.3) is 0 Å². The van der Waals surface area contributed by atoms with Crippen molar-refractivity contribution in [2.75, 3.05) is 16.8 Å². The third kappa shape index (κ3) is 6.74. The SMILES string of the molecule is NC(=O)CSCCC(=O)Nc1ccc(CC(=O)O)nc1. The number of carboxylic acid groups (broad SMARTS) is 1. The Morgan fingerprint density at radius 1 is 1.35 bits per heavy atom. The number of hydrogen-bond acceptors (Lipinski definition) is 5. The monoisotopic (exact) mass is 297 g/mol. The summed E-state index contributed by atoms with van der Waals surface area (Å²) in [6.07, 6.45) is 1.51. The topological polar surface area (TPSA) is 122 Å². The van der Waals surface area contributed by atoms with Crippen molar-refractivity contribution in [1.29, 1.82) is 0 Å². The van der Waals surface area contributed by atoms with Crippen LogP contribution in [0.25, 0.3) is 0 Å². The number of pyridine rings is 1. The number of anilines is 1. The van der Waals surface area contributed by atoms with Crippen molar-refractivity contribution in [2.24, 2.45) is 5.73 Å². The average molecular weight is 297 g/mol. The van der Waals surface area contributed by atoms with Gasteiger partial charge in [0.15, 0.2) is 0 Å². The Bertz CT molecular complexity index is 490. The molecule has 1 heterocycles. The number of thioether (sulfide) groups is 1. The molecule has 1 rings (SSSR count). The van der Waals surface area contributed by atoms with E-state index >= 15 is 0 Å². The molecule has 108 valence electrons. The van der Waals surface area contributed by atoms with Gasteiger partial charge in [-0.05, 0) is 12.1 Å². The standard InChI is InChI=1S/C12H15N3O4S/c13-10(16)7-20-4-3-11(17)15-9-2-1-8(14-6-9)5-12(18)19/h1-2,6H,3-5,7H2,(H2,13,16)(H,15,17)(H,18,19). The Morgan fingerprint density at radius 3 is 2.65 bits per heavy atom. The largest absolute Gasteiger partial charge is 0.481 e. The van der Waals surface area contributed by atoms with Gasteiger partial charge in [-0.25, -0.2) is 0 Å². The van der Waals surface area contributed by atoms with Gasteiger partial charge in [0.1, 0.15) is 0 Å². The van der Waals surface area contributed by atoms with Gasteiger partial charge in [-0.1, -0.05) is 0 Å². The number of nitrogens with two attached hydrogens (primary N) is 1. The number of aromatic nitrogens is 1. The Balaban J connectivity index is 2.34. The molecule has 2 amide bonds. The van der Waals surface area contributed by atoms with Gasteiger partial charge >= 0.3 is 5.97 Å². The van der Waals surface area contributed by atoms with Gasteiger partial charge in [0.05, 0.1) is 29.8 Å². The lowest BCUT2D eigenvalue weighted by Crippen LogP contribution is -2.16. The van der Waals surface area contributed by atoms with Crippen molar-refractivity contribution in [3.05, 3.63) is 24.0 Å². The molecule has 20 heavy (non-hydrogen) atoms. The molecule has 4 N–H and O–H groups in total. The smallest absolute Gasteiger partial charge is 0.309 e. The van der Waals surface area contributed by atoms with Crippen molar-refractivity contribution < 1.29 is 19.5 Å². The highest BCUT2D eigenvalue weighted by molar-refractivity contribution is 7.99. The lowest BCUT2D eigenvalue weighted by molar-refractivity contribution is -0.136. The highest BCUT2D eigenvalue weighted by atomic mass is 32.2. The molecule has 1 aromatic heterocycles. The first-order valence-electron chi connectivity index (χ1n) is 5.80. The average Bonchev–Trinajstić information content (AvgIpc) is 2.36. The van der Waals surface area contributed by atoms with Gasteiger partial charge in [-0.2, -0.15) is 11.8 Å². The number of nitrogens with zero attached hydrogens (tertiary/aromatic N) is 1. The number of hydrogen-bond donors (Lipinski definition) is 3. The second-order valence-corrected chi connectivity index (χ2v) is 5.03. The first kappa shape index (κ1) is 16.0. The molecule has 1 aromatic rings. The zero-order valence-electron chi connectivity index (χ0n) is 10.7. The Kier molecular flexibility index (Phi) is 6.51. The summed E-state index contributed by atoms with van der Waals surface area (Å²) in [5.74, 6) is -0.873. The zero-order chi connectivity index (χ0) is 15.0. The zero-order valence-corrected chi connectivity index (χ0v) is 11.5. The van der Waals surface area contributed by atoms with E-state index < -0.39 is 11.9 Å². The molecule has 0 saturated heterocycles. The maximum absolute atomic E-state index is 11.6. The Hall–Kier alpha value is -2.09. The normalized spacial score (nSPS) is 10.0. The molecule has 0 aliphatic rings. The molecule has 0 aliphatic carbocycles. The Labute approximate surface area is 119 Å². The maximum atomic E-state index is 11.6. The summed E-state index contributed by atoms with van der Waals surface area (Å²) in [6, 6.07) is 3.14. The highest BCUT2D eigenvalue weighted by Gasteiger charge is 2.05. The van der Waals surface area contributed by atoms with E-state index in [1.165, 1.54) is 18.0 Å². The lowest BCUT2D eigenvalue weighted by Gasteiger charge is -2.05. The van der Waals surface area contributed by atoms with Gasteiger partial charge in [-0.3, -0.25) is 19.4 Å². The summed E-state index contributed by atoms with van der Waals surface area (Å²) < 4.78 is 0. The fourth-order valence-corrected chi connectivity index (χ4v) is 1.99. The number of carbonyl (C=O) groups is 3. The fourth-order valence-electron chi connectivity index (χ4n) is 1.32. The molecule has 0 spiro atoms. The van der Waals surface area contributed by atoms with Crippen molar-refractivity contribution in [1.82, 2.24) is 4.98 Å². The van der Waals surface area contributed by atoms with E-state index in [9.17, 15) is 14.4 Å². The van der Waals surface area contributed by atoms with Crippen molar-refractivity contribution >= 4 is 35.2 Å². The summed E-state index contributed by atoms with van der Waals surface area (Å²) in [5.41, 5.74) is 5.90. The molecule has 0 aliphatic heterocycles. The highest BCUT2D eigenvalue weighted by Crippen LogP contribution is 2.08. The quantitative estimate of drug-likeness (QED) is 0.591. The number of amides is 2. The summed E-state index contributed by atoms with van der Waals surface area (Å²) in [7, 11) is 0. The summed E-state index contributed by atoms with van der Waals surface area (Å²) in [6.45, 7) is 0. The molecule has 0 bridgehead atoms. The van der Waals surface area contributed by atoms with E-state index in [1.807, 2.05) is 0 Å². The van der Waals surface area contributed by atoms with Crippen molar-refractivity contribution in [2.45, 2.75) is 12.8 Å². The minimum atomic E-state index is -0.958. The third-order valence-electron chi connectivity index (χ3n) is 2.16. The van der Waals surface area contributed by atoms with Crippen LogP contribution in [-0.4, -0.2) is 39.4 Å². The van der Waals surface area contributed by atoms with Crippen LogP contribution >= 0.6 is 11.8 Å².